The zero-order valence-electron chi connectivity index (χ0n) is 25.3. The summed E-state index contributed by atoms with van der Waals surface area (Å²) in [5.74, 6) is -2.75. The van der Waals surface area contributed by atoms with E-state index in [1.165, 1.54) is 16.8 Å². The molecule has 2 aliphatic heterocycles. The number of carbonyl (C=O) groups excluding carboxylic acids is 4. The Morgan fingerprint density at radius 1 is 1.09 bits per heavy atom. The van der Waals surface area contributed by atoms with E-state index in [1.54, 1.807) is 29.8 Å². The van der Waals surface area contributed by atoms with Crippen LogP contribution < -0.4 is 5.32 Å². The number of pyridine rings is 1. The summed E-state index contributed by atoms with van der Waals surface area (Å²) < 4.78 is 56.0. The number of hydrogen-bond donors (Lipinski definition) is 1. The summed E-state index contributed by atoms with van der Waals surface area (Å²) in [7, 11) is 1.42. The fourth-order valence-corrected chi connectivity index (χ4v) is 6.96. The van der Waals surface area contributed by atoms with Gasteiger partial charge in [-0.25, -0.2) is 18.7 Å². The first-order chi connectivity index (χ1) is 21.8. The average molecular weight is 644 g/mol. The number of alkyl halides is 3. The van der Waals surface area contributed by atoms with Crippen LogP contribution in [0.25, 0.3) is 5.65 Å². The Hall–Kier alpha value is -4.56. The van der Waals surface area contributed by atoms with Gasteiger partial charge in [-0.3, -0.25) is 19.3 Å². The summed E-state index contributed by atoms with van der Waals surface area (Å²) in [6.45, 7) is 2.10. The van der Waals surface area contributed by atoms with E-state index in [1.807, 2.05) is 0 Å². The summed E-state index contributed by atoms with van der Waals surface area (Å²) in [5, 5.41) is 6.81. The third-order valence-electron chi connectivity index (χ3n) is 9.45. The lowest BCUT2D eigenvalue weighted by Gasteiger charge is -2.43. The van der Waals surface area contributed by atoms with Crippen molar-refractivity contribution in [2.45, 2.75) is 69.8 Å². The summed E-state index contributed by atoms with van der Waals surface area (Å²) in [6, 6.07) is 3.64. The molecule has 15 heteroatoms. The summed E-state index contributed by atoms with van der Waals surface area (Å²) in [4.78, 5) is 62.4. The van der Waals surface area contributed by atoms with E-state index >= 15 is 0 Å². The number of benzene rings is 1. The number of imide groups is 1. The molecule has 6 rings (SSSR count). The van der Waals surface area contributed by atoms with Crippen molar-refractivity contribution in [3.63, 3.8) is 0 Å². The van der Waals surface area contributed by atoms with Crippen LogP contribution in [0.3, 0.4) is 0 Å². The van der Waals surface area contributed by atoms with Gasteiger partial charge >= 0.3 is 12.2 Å². The number of urea groups is 1. The third-order valence-corrected chi connectivity index (χ3v) is 9.45. The highest BCUT2D eigenvalue weighted by molar-refractivity contribution is 6.07. The van der Waals surface area contributed by atoms with Crippen molar-refractivity contribution in [3.8, 4) is 0 Å². The molecule has 5 amide bonds. The normalized spacial score (nSPS) is 19.5. The Labute approximate surface area is 261 Å². The lowest BCUT2D eigenvalue weighted by molar-refractivity contribution is -0.142. The van der Waals surface area contributed by atoms with Crippen LogP contribution in [0.2, 0.25) is 0 Å². The Morgan fingerprint density at radius 2 is 1.78 bits per heavy atom. The molecule has 11 nitrogen and oxygen atoms in total. The number of nitrogens with zero attached hydrogens (tertiary/aromatic N) is 6. The Bertz CT molecular complexity index is 1710. The topological polar surface area (TPSA) is 120 Å². The van der Waals surface area contributed by atoms with Crippen LogP contribution in [0.15, 0.2) is 36.5 Å². The van der Waals surface area contributed by atoms with E-state index in [9.17, 15) is 36.7 Å². The second-order valence-corrected chi connectivity index (χ2v) is 12.3. The van der Waals surface area contributed by atoms with Gasteiger partial charge in [0.15, 0.2) is 5.65 Å². The van der Waals surface area contributed by atoms with Crippen LogP contribution in [-0.4, -0.2) is 84.8 Å². The van der Waals surface area contributed by atoms with Gasteiger partial charge in [-0.05, 0) is 74.4 Å². The predicted octanol–water partition coefficient (Wildman–Crippen LogP) is 3.94. The van der Waals surface area contributed by atoms with Crippen molar-refractivity contribution in [1.82, 2.24) is 34.6 Å². The predicted molar refractivity (Wildman–Crippen MR) is 155 cm³/mol. The molecule has 1 spiro atoms. The lowest BCUT2D eigenvalue weighted by atomic mass is 9.84. The van der Waals surface area contributed by atoms with Crippen LogP contribution in [0.5, 0.6) is 0 Å². The first kappa shape index (κ1) is 31.4. The minimum Gasteiger partial charge on any atom is -0.341 e. The molecule has 1 saturated carbocycles. The number of likely N-dealkylation sites (N-methyl/N-ethyl adjacent to an activating group) is 1. The highest BCUT2D eigenvalue weighted by Gasteiger charge is 2.57. The van der Waals surface area contributed by atoms with Gasteiger partial charge in [-0.15, -0.1) is 0 Å². The molecular formula is C31H33F4N7O4. The van der Waals surface area contributed by atoms with Gasteiger partial charge in [-0.2, -0.15) is 18.3 Å². The standard InChI is InChI=1S/C31H33F4N7O4/c1-18-36-24-15-19(9-12-42(24)38-18)17-41-29(46)39(2)28(45)30(41)10-13-40(14-11-30)27(44)25(20-5-3-4-6-20)37-26(43)22-16-21(31(33,34)35)7-8-23(22)32/h7-9,12,15-16,20,25H,3-6,10-11,13-14,17H2,1-2H3,(H,37,43)/t25-/m1/s1. The minimum absolute atomic E-state index is 0.0988. The second kappa shape index (κ2) is 11.7. The number of carbonyl (C=O) groups is 4. The largest absolute Gasteiger partial charge is 0.416 e. The van der Waals surface area contributed by atoms with Crippen molar-refractivity contribution in [2.24, 2.45) is 5.92 Å². The number of fused-ring (bicyclic) bond motifs is 1. The van der Waals surface area contributed by atoms with Gasteiger partial charge in [0.25, 0.3) is 11.8 Å². The number of aromatic nitrogens is 3. The molecule has 4 heterocycles. The van der Waals surface area contributed by atoms with Gasteiger partial charge in [0.1, 0.15) is 23.2 Å². The number of rotatable bonds is 6. The molecule has 2 aromatic heterocycles. The zero-order chi connectivity index (χ0) is 33.0. The van der Waals surface area contributed by atoms with Crippen LogP contribution >= 0.6 is 0 Å². The van der Waals surface area contributed by atoms with Crippen molar-refractivity contribution in [2.75, 3.05) is 20.1 Å². The van der Waals surface area contributed by atoms with Crippen molar-refractivity contribution in [3.05, 3.63) is 64.9 Å². The fourth-order valence-electron chi connectivity index (χ4n) is 6.96. The number of likely N-dealkylation sites (tertiary alicyclic amines) is 1. The van der Waals surface area contributed by atoms with Crippen LogP contribution in [0.4, 0.5) is 22.4 Å². The molecule has 0 radical (unpaired) electrons. The average Bonchev–Trinajstić information content (AvgIpc) is 3.72. The Morgan fingerprint density at radius 3 is 2.46 bits per heavy atom. The molecule has 0 unspecified atom stereocenters. The number of amides is 5. The highest BCUT2D eigenvalue weighted by atomic mass is 19.4. The first-order valence-corrected chi connectivity index (χ1v) is 15.2. The van der Waals surface area contributed by atoms with Gasteiger partial charge < -0.3 is 15.1 Å². The van der Waals surface area contributed by atoms with Crippen LogP contribution in [-0.2, 0) is 22.3 Å². The van der Waals surface area contributed by atoms with Crippen molar-refractivity contribution < 1.29 is 36.7 Å². The number of halogens is 4. The van der Waals surface area contributed by atoms with Crippen molar-refractivity contribution >= 4 is 29.4 Å². The molecule has 1 aromatic carbocycles. The molecule has 3 fully saturated rings. The summed E-state index contributed by atoms with van der Waals surface area (Å²) in [6.07, 6.45) is 0.0831. The van der Waals surface area contributed by atoms with E-state index in [4.69, 9.17) is 0 Å². The van der Waals surface area contributed by atoms with Crippen LogP contribution in [0, 0.1) is 18.7 Å². The Kier molecular flexibility index (Phi) is 7.97. The number of aryl methyl sites for hydroxylation is 1. The maximum absolute atomic E-state index is 14.5. The van der Waals surface area contributed by atoms with E-state index in [0.29, 0.717) is 42.5 Å². The fraction of sp³-hybridized carbons (Fsp3) is 0.484. The number of nitrogens with one attached hydrogen (secondary N) is 1. The van der Waals surface area contributed by atoms with Gasteiger partial charge in [0.05, 0.1) is 11.1 Å². The maximum atomic E-state index is 14.5. The molecule has 2 saturated heterocycles. The maximum Gasteiger partial charge on any atom is 0.416 e. The molecule has 3 aliphatic rings. The van der Waals surface area contributed by atoms with E-state index in [2.05, 4.69) is 15.4 Å². The van der Waals surface area contributed by atoms with Gasteiger partial charge in [0, 0.05) is 32.9 Å². The number of piperidine rings is 1. The summed E-state index contributed by atoms with van der Waals surface area (Å²) >= 11 is 0. The first-order valence-electron chi connectivity index (χ1n) is 15.2. The molecule has 1 atom stereocenters. The molecular weight excluding hydrogens is 610 g/mol. The molecule has 3 aromatic rings. The molecule has 0 bridgehead atoms. The summed E-state index contributed by atoms with van der Waals surface area (Å²) in [5.41, 5.74) is -1.81. The molecule has 244 valence electrons. The zero-order valence-corrected chi connectivity index (χ0v) is 25.3. The highest BCUT2D eigenvalue weighted by Crippen LogP contribution is 2.39. The van der Waals surface area contributed by atoms with E-state index < -0.39 is 52.5 Å². The second-order valence-electron chi connectivity index (χ2n) is 12.3. The van der Waals surface area contributed by atoms with Crippen molar-refractivity contribution in [1.29, 1.82) is 0 Å². The van der Waals surface area contributed by atoms with Gasteiger partial charge in [-0.1, -0.05) is 12.8 Å². The number of hydrogen-bond acceptors (Lipinski definition) is 6. The van der Waals surface area contributed by atoms with E-state index in [0.717, 1.165) is 23.3 Å². The smallest absolute Gasteiger partial charge is 0.341 e. The molecule has 1 aliphatic carbocycles. The third kappa shape index (κ3) is 5.55. The monoisotopic (exact) mass is 643 g/mol. The SMILES string of the molecule is Cc1nc2cc(CN3C(=O)N(C)C(=O)C34CCN(C(=O)[C@H](NC(=O)c3cc(C(F)(F)F)ccc3F)C3CCCC3)CC4)ccn2n1. The lowest BCUT2D eigenvalue weighted by Crippen LogP contribution is -2.60. The quantitative estimate of drug-likeness (QED) is 0.321. The van der Waals surface area contributed by atoms with Crippen LogP contribution in [0.1, 0.15) is 65.8 Å². The Balaban J connectivity index is 1.20. The van der Waals surface area contributed by atoms with Gasteiger partial charge in [0.2, 0.25) is 5.91 Å². The molecule has 1 N–H and O–H groups in total. The minimum atomic E-state index is -4.78. The molecule has 46 heavy (non-hydrogen) atoms. The van der Waals surface area contributed by atoms with E-state index in [-0.39, 0.29) is 44.3 Å².